The summed E-state index contributed by atoms with van der Waals surface area (Å²) < 4.78 is 5.73. The molecular weight excluding hydrogens is 372 g/mol. The first-order chi connectivity index (χ1) is 14.7. The number of rotatable bonds is 5. The molecule has 0 aromatic heterocycles. The molecule has 1 saturated carbocycles. The lowest BCUT2D eigenvalue weighted by Crippen LogP contribution is -2.41. The van der Waals surface area contributed by atoms with Gasteiger partial charge in [0, 0.05) is 18.7 Å². The number of nitrogens with one attached hydrogen (secondary N) is 1. The molecule has 4 rings (SSSR count). The van der Waals surface area contributed by atoms with Gasteiger partial charge in [-0.05, 0) is 85.6 Å². The molecule has 30 heavy (non-hydrogen) atoms. The molecule has 4 nitrogen and oxygen atoms in total. The number of hydrogen-bond acceptors (Lipinski definition) is 3. The van der Waals surface area contributed by atoms with Crippen LogP contribution in [0.1, 0.15) is 66.8 Å². The molecule has 1 N–H and O–H groups in total. The van der Waals surface area contributed by atoms with Gasteiger partial charge in [-0.2, -0.15) is 0 Å². The Labute approximate surface area is 180 Å². The van der Waals surface area contributed by atoms with Crippen LogP contribution in [0.2, 0.25) is 0 Å². The van der Waals surface area contributed by atoms with Crippen molar-refractivity contribution in [2.75, 3.05) is 27.2 Å². The molecule has 1 saturated heterocycles. The molecule has 0 unspecified atom stereocenters. The molecule has 1 amide bonds. The third-order valence-electron chi connectivity index (χ3n) is 7.00. The van der Waals surface area contributed by atoms with Crippen LogP contribution in [0.3, 0.4) is 0 Å². The van der Waals surface area contributed by atoms with E-state index in [4.69, 9.17) is 4.74 Å². The topological polar surface area (TPSA) is 41.6 Å². The molecule has 2 fully saturated rings. The van der Waals surface area contributed by atoms with Crippen LogP contribution in [0.4, 0.5) is 0 Å². The molecule has 1 aliphatic heterocycles. The highest BCUT2D eigenvalue weighted by Gasteiger charge is 2.28. The summed E-state index contributed by atoms with van der Waals surface area (Å²) in [6.45, 7) is 2.40. The fourth-order valence-corrected chi connectivity index (χ4v) is 5.21. The summed E-state index contributed by atoms with van der Waals surface area (Å²) in [6, 6.07) is 15.2. The van der Waals surface area contributed by atoms with Gasteiger partial charge in [-0.1, -0.05) is 37.5 Å². The van der Waals surface area contributed by atoms with Crippen LogP contribution in [0.15, 0.2) is 42.5 Å². The third-order valence-corrected chi connectivity index (χ3v) is 7.00. The minimum absolute atomic E-state index is 0.0540. The minimum Gasteiger partial charge on any atom is -0.496 e. The van der Waals surface area contributed by atoms with Crippen LogP contribution in [0, 0.1) is 0 Å². The van der Waals surface area contributed by atoms with E-state index < -0.39 is 0 Å². The van der Waals surface area contributed by atoms with Gasteiger partial charge in [0.1, 0.15) is 5.75 Å². The Bertz CT molecular complexity index is 848. The van der Waals surface area contributed by atoms with Gasteiger partial charge < -0.3 is 15.0 Å². The van der Waals surface area contributed by atoms with Crippen LogP contribution >= 0.6 is 0 Å². The Balaban J connectivity index is 1.50. The largest absolute Gasteiger partial charge is 0.496 e. The summed E-state index contributed by atoms with van der Waals surface area (Å²) in [5.74, 6) is 1.49. The summed E-state index contributed by atoms with van der Waals surface area (Å²) in [5.41, 5.74) is 4.33. The van der Waals surface area contributed by atoms with Gasteiger partial charge in [-0.15, -0.1) is 0 Å². The maximum atomic E-state index is 11.8. The van der Waals surface area contributed by atoms with Crippen molar-refractivity contribution >= 4 is 5.91 Å². The number of hydrogen-bond donors (Lipinski definition) is 1. The average molecular weight is 407 g/mol. The van der Waals surface area contributed by atoms with Crippen molar-refractivity contribution in [1.29, 1.82) is 0 Å². The molecule has 4 heteroatoms. The fourth-order valence-electron chi connectivity index (χ4n) is 5.21. The average Bonchev–Trinajstić information content (AvgIpc) is 2.84. The SMILES string of the molecule is CNC(=O)c1ccc(-c2ccc(OC)c(C3CCN(C4CCCCC4)CC3)c2)cc1. The zero-order valence-electron chi connectivity index (χ0n) is 18.3. The van der Waals surface area contributed by atoms with Crippen molar-refractivity contribution in [3.63, 3.8) is 0 Å². The Morgan fingerprint density at radius 3 is 2.23 bits per heavy atom. The smallest absolute Gasteiger partial charge is 0.251 e. The molecule has 2 aromatic rings. The van der Waals surface area contributed by atoms with E-state index in [-0.39, 0.29) is 5.91 Å². The second kappa shape index (κ2) is 9.65. The predicted octanol–water partition coefficient (Wildman–Crippen LogP) is 5.23. The molecule has 0 spiro atoms. The maximum absolute atomic E-state index is 11.8. The second-order valence-corrected chi connectivity index (χ2v) is 8.72. The van der Waals surface area contributed by atoms with Gasteiger partial charge >= 0.3 is 0 Å². The zero-order valence-corrected chi connectivity index (χ0v) is 18.3. The lowest BCUT2D eigenvalue weighted by molar-refractivity contribution is 0.0963. The second-order valence-electron chi connectivity index (χ2n) is 8.72. The van der Waals surface area contributed by atoms with Gasteiger partial charge in [-0.25, -0.2) is 0 Å². The van der Waals surface area contributed by atoms with E-state index in [1.165, 1.54) is 69.2 Å². The highest BCUT2D eigenvalue weighted by Crippen LogP contribution is 2.38. The Morgan fingerprint density at radius 1 is 0.933 bits per heavy atom. The van der Waals surface area contributed by atoms with Gasteiger partial charge in [0.25, 0.3) is 5.91 Å². The number of carbonyl (C=O) groups is 1. The van der Waals surface area contributed by atoms with Crippen LogP contribution in [-0.4, -0.2) is 44.1 Å². The van der Waals surface area contributed by atoms with E-state index in [0.717, 1.165) is 17.4 Å². The first kappa shape index (κ1) is 20.9. The van der Waals surface area contributed by atoms with Crippen molar-refractivity contribution < 1.29 is 9.53 Å². The number of piperidine rings is 1. The molecule has 2 aromatic carbocycles. The third kappa shape index (κ3) is 4.54. The molecular formula is C26H34N2O2. The summed E-state index contributed by atoms with van der Waals surface area (Å²) in [7, 11) is 3.43. The lowest BCUT2D eigenvalue weighted by Gasteiger charge is -2.39. The van der Waals surface area contributed by atoms with E-state index in [2.05, 4.69) is 28.4 Å². The number of amides is 1. The van der Waals surface area contributed by atoms with Crippen LogP contribution < -0.4 is 10.1 Å². The normalized spacial score (nSPS) is 18.9. The molecule has 0 radical (unpaired) electrons. The molecule has 0 atom stereocenters. The van der Waals surface area contributed by atoms with Crippen LogP contribution in [-0.2, 0) is 0 Å². The van der Waals surface area contributed by atoms with E-state index in [9.17, 15) is 4.79 Å². The van der Waals surface area contributed by atoms with Crippen molar-refractivity contribution in [2.45, 2.75) is 56.9 Å². The number of nitrogens with zero attached hydrogens (tertiary/aromatic N) is 1. The monoisotopic (exact) mass is 406 g/mol. The first-order valence-electron chi connectivity index (χ1n) is 11.4. The summed E-state index contributed by atoms with van der Waals surface area (Å²) in [5, 5.41) is 2.68. The number of methoxy groups -OCH3 is 1. The van der Waals surface area contributed by atoms with Crippen molar-refractivity contribution in [3.05, 3.63) is 53.6 Å². The number of carbonyl (C=O) groups excluding carboxylic acids is 1. The minimum atomic E-state index is -0.0540. The lowest BCUT2D eigenvalue weighted by atomic mass is 9.85. The quantitative estimate of drug-likeness (QED) is 0.739. The summed E-state index contributed by atoms with van der Waals surface area (Å²) in [4.78, 5) is 14.6. The van der Waals surface area contributed by atoms with Gasteiger partial charge in [0.2, 0.25) is 0 Å². The van der Waals surface area contributed by atoms with E-state index in [0.29, 0.717) is 11.5 Å². The number of benzene rings is 2. The van der Waals surface area contributed by atoms with E-state index >= 15 is 0 Å². The number of likely N-dealkylation sites (tertiary alicyclic amines) is 1. The molecule has 160 valence electrons. The van der Waals surface area contributed by atoms with Gasteiger partial charge in [0.05, 0.1) is 7.11 Å². The van der Waals surface area contributed by atoms with Crippen molar-refractivity contribution in [2.24, 2.45) is 0 Å². The van der Waals surface area contributed by atoms with Crippen LogP contribution in [0.25, 0.3) is 11.1 Å². The van der Waals surface area contributed by atoms with E-state index in [1.807, 2.05) is 24.3 Å². The predicted molar refractivity (Wildman–Crippen MR) is 122 cm³/mol. The first-order valence-corrected chi connectivity index (χ1v) is 11.4. The molecule has 1 heterocycles. The maximum Gasteiger partial charge on any atom is 0.251 e. The highest BCUT2D eigenvalue weighted by molar-refractivity contribution is 5.94. The highest BCUT2D eigenvalue weighted by atomic mass is 16.5. The molecule has 1 aliphatic carbocycles. The van der Waals surface area contributed by atoms with E-state index in [1.54, 1.807) is 14.2 Å². The Hall–Kier alpha value is -2.33. The van der Waals surface area contributed by atoms with Crippen LogP contribution in [0.5, 0.6) is 5.75 Å². The number of ether oxygens (including phenoxy) is 1. The standard InChI is InChI=1S/C26H34N2O2/c1-27-26(29)21-10-8-19(9-11-21)22-12-13-25(30-2)24(18-22)20-14-16-28(17-15-20)23-6-4-3-5-7-23/h8-13,18,20,23H,3-7,14-17H2,1-2H3,(H,27,29). The fraction of sp³-hybridized carbons (Fsp3) is 0.500. The van der Waals surface area contributed by atoms with Crippen molar-refractivity contribution in [1.82, 2.24) is 10.2 Å². The zero-order chi connectivity index (χ0) is 20.9. The van der Waals surface area contributed by atoms with Crippen molar-refractivity contribution in [3.8, 4) is 16.9 Å². The summed E-state index contributed by atoms with van der Waals surface area (Å²) >= 11 is 0. The molecule has 0 bridgehead atoms. The van der Waals surface area contributed by atoms with Gasteiger partial charge in [0.15, 0.2) is 0 Å². The van der Waals surface area contributed by atoms with Gasteiger partial charge in [-0.3, -0.25) is 4.79 Å². The Morgan fingerprint density at radius 2 is 1.60 bits per heavy atom. The molecule has 2 aliphatic rings. The Kier molecular flexibility index (Phi) is 6.73. The summed E-state index contributed by atoms with van der Waals surface area (Å²) in [6.07, 6.45) is 9.39.